The normalized spacial score (nSPS) is 9.77. The molecule has 0 aliphatic carbocycles. The summed E-state index contributed by atoms with van der Waals surface area (Å²) in [7, 11) is 0. The standard InChI is InChI=1S/C10H9BrO2/c1-6-3-8(11)4-9(7(2)13)10(6)5-12/h3-5H,1-2H3. The maximum atomic E-state index is 11.1. The number of carbonyl (C=O) groups excluding carboxylic acids is 2. The molecule has 3 heteroatoms. The first-order valence-electron chi connectivity index (χ1n) is 3.82. The molecule has 0 fully saturated rings. The van der Waals surface area contributed by atoms with Crippen LogP contribution in [-0.2, 0) is 0 Å². The molecule has 0 aliphatic heterocycles. The number of rotatable bonds is 2. The van der Waals surface area contributed by atoms with Gasteiger partial charge < -0.3 is 0 Å². The van der Waals surface area contributed by atoms with Crippen LogP contribution in [0.1, 0.15) is 33.2 Å². The molecule has 0 amide bonds. The molecule has 1 rings (SSSR count). The van der Waals surface area contributed by atoms with Crippen LogP contribution in [0.5, 0.6) is 0 Å². The van der Waals surface area contributed by atoms with Crippen LogP contribution in [0, 0.1) is 6.92 Å². The van der Waals surface area contributed by atoms with Crippen molar-refractivity contribution >= 4 is 28.0 Å². The summed E-state index contributed by atoms with van der Waals surface area (Å²) >= 11 is 3.28. The van der Waals surface area contributed by atoms with Gasteiger partial charge in [-0.15, -0.1) is 0 Å². The Morgan fingerprint density at radius 1 is 1.46 bits per heavy atom. The fourth-order valence-corrected chi connectivity index (χ4v) is 1.77. The highest BCUT2D eigenvalue weighted by Gasteiger charge is 2.09. The molecule has 0 aliphatic rings. The van der Waals surface area contributed by atoms with E-state index in [4.69, 9.17) is 0 Å². The second-order valence-corrected chi connectivity index (χ2v) is 3.77. The van der Waals surface area contributed by atoms with Crippen molar-refractivity contribution in [3.63, 3.8) is 0 Å². The second kappa shape index (κ2) is 3.83. The summed E-state index contributed by atoms with van der Waals surface area (Å²) in [6.45, 7) is 3.26. The molecule has 0 aromatic heterocycles. The van der Waals surface area contributed by atoms with Crippen molar-refractivity contribution in [2.75, 3.05) is 0 Å². The van der Waals surface area contributed by atoms with E-state index in [0.29, 0.717) is 11.1 Å². The van der Waals surface area contributed by atoms with Gasteiger partial charge in [0, 0.05) is 15.6 Å². The van der Waals surface area contributed by atoms with E-state index in [9.17, 15) is 9.59 Å². The van der Waals surface area contributed by atoms with E-state index < -0.39 is 0 Å². The van der Waals surface area contributed by atoms with E-state index in [1.54, 1.807) is 13.0 Å². The lowest BCUT2D eigenvalue weighted by Gasteiger charge is -2.04. The highest BCUT2D eigenvalue weighted by Crippen LogP contribution is 2.20. The third kappa shape index (κ3) is 2.04. The zero-order valence-electron chi connectivity index (χ0n) is 7.43. The zero-order chi connectivity index (χ0) is 10.0. The lowest BCUT2D eigenvalue weighted by atomic mass is 10.0. The number of hydrogen-bond donors (Lipinski definition) is 0. The Morgan fingerprint density at radius 3 is 2.54 bits per heavy atom. The van der Waals surface area contributed by atoms with Crippen LogP contribution in [0.2, 0.25) is 0 Å². The summed E-state index contributed by atoms with van der Waals surface area (Å²) in [6.07, 6.45) is 0.721. The molecular formula is C10H9BrO2. The minimum atomic E-state index is -0.0912. The highest BCUT2D eigenvalue weighted by molar-refractivity contribution is 9.10. The average Bonchev–Trinajstić information content (AvgIpc) is 2.02. The average molecular weight is 241 g/mol. The molecule has 13 heavy (non-hydrogen) atoms. The van der Waals surface area contributed by atoms with E-state index in [-0.39, 0.29) is 5.78 Å². The van der Waals surface area contributed by atoms with Gasteiger partial charge in [-0.2, -0.15) is 0 Å². The Labute approximate surface area is 85.1 Å². The first kappa shape index (κ1) is 10.1. The molecule has 0 saturated carbocycles. The van der Waals surface area contributed by atoms with Crippen LogP contribution in [0.4, 0.5) is 0 Å². The monoisotopic (exact) mass is 240 g/mol. The van der Waals surface area contributed by atoms with Gasteiger partial charge in [0.15, 0.2) is 12.1 Å². The fourth-order valence-electron chi connectivity index (χ4n) is 1.20. The SMILES string of the molecule is CC(=O)c1cc(Br)cc(C)c1C=O. The molecule has 2 nitrogen and oxygen atoms in total. The van der Waals surface area contributed by atoms with Gasteiger partial charge in [-0.05, 0) is 31.5 Å². The van der Waals surface area contributed by atoms with Gasteiger partial charge in [0.2, 0.25) is 0 Å². The number of aryl methyl sites for hydroxylation is 1. The van der Waals surface area contributed by atoms with Crippen molar-refractivity contribution in [1.29, 1.82) is 0 Å². The van der Waals surface area contributed by atoms with Gasteiger partial charge >= 0.3 is 0 Å². The van der Waals surface area contributed by atoms with Crippen molar-refractivity contribution in [3.05, 3.63) is 33.3 Å². The van der Waals surface area contributed by atoms with Crippen LogP contribution in [0.15, 0.2) is 16.6 Å². The summed E-state index contributed by atoms with van der Waals surface area (Å²) in [6, 6.07) is 3.48. The number of hydrogen-bond acceptors (Lipinski definition) is 2. The largest absolute Gasteiger partial charge is 0.298 e. The maximum absolute atomic E-state index is 11.1. The first-order valence-corrected chi connectivity index (χ1v) is 4.62. The second-order valence-electron chi connectivity index (χ2n) is 2.86. The first-order chi connectivity index (χ1) is 6.06. The van der Waals surface area contributed by atoms with Gasteiger partial charge in [-0.3, -0.25) is 9.59 Å². The van der Waals surface area contributed by atoms with Gasteiger partial charge in [-0.1, -0.05) is 15.9 Å². The summed E-state index contributed by atoms with van der Waals surface area (Å²) in [5.41, 5.74) is 1.77. The number of ketones is 1. The number of aldehydes is 1. The Balaban J connectivity index is 3.46. The van der Waals surface area contributed by atoms with Gasteiger partial charge in [0.1, 0.15) is 0 Å². The summed E-state index contributed by atoms with van der Waals surface area (Å²) in [5.74, 6) is -0.0912. The molecule has 0 N–H and O–H groups in total. The van der Waals surface area contributed by atoms with E-state index in [1.165, 1.54) is 6.92 Å². The Morgan fingerprint density at radius 2 is 2.08 bits per heavy atom. The third-order valence-corrected chi connectivity index (χ3v) is 2.31. The molecule has 0 atom stereocenters. The highest BCUT2D eigenvalue weighted by atomic mass is 79.9. The van der Waals surface area contributed by atoms with E-state index in [0.717, 1.165) is 16.3 Å². The number of halogens is 1. The third-order valence-electron chi connectivity index (χ3n) is 1.85. The van der Waals surface area contributed by atoms with Gasteiger partial charge in [0.05, 0.1) is 0 Å². The van der Waals surface area contributed by atoms with Gasteiger partial charge in [0.25, 0.3) is 0 Å². The minimum Gasteiger partial charge on any atom is -0.298 e. The van der Waals surface area contributed by atoms with Crippen LogP contribution in [-0.4, -0.2) is 12.1 Å². The predicted molar refractivity (Wildman–Crippen MR) is 54.3 cm³/mol. The van der Waals surface area contributed by atoms with Crippen LogP contribution < -0.4 is 0 Å². The zero-order valence-corrected chi connectivity index (χ0v) is 9.01. The van der Waals surface area contributed by atoms with E-state index >= 15 is 0 Å². The Hall–Kier alpha value is -0.960. The van der Waals surface area contributed by atoms with Gasteiger partial charge in [-0.25, -0.2) is 0 Å². The fraction of sp³-hybridized carbons (Fsp3) is 0.200. The van der Waals surface area contributed by atoms with Crippen molar-refractivity contribution in [3.8, 4) is 0 Å². The minimum absolute atomic E-state index is 0.0912. The molecule has 0 saturated heterocycles. The number of carbonyl (C=O) groups is 2. The molecule has 68 valence electrons. The lowest BCUT2D eigenvalue weighted by Crippen LogP contribution is -2.01. The maximum Gasteiger partial charge on any atom is 0.160 e. The Kier molecular flexibility index (Phi) is 2.98. The van der Waals surface area contributed by atoms with Crippen LogP contribution in [0.3, 0.4) is 0 Å². The molecule has 0 unspecified atom stereocenters. The molecule has 1 aromatic carbocycles. The number of benzene rings is 1. The Bertz CT molecular complexity index is 369. The van der Waals surface area contributed by atoms with Crippen molar-refractivity contribution in [2.24, 2.45) is 0 Å². The lowest BCUT2D eigenvalue weighted by molar-refractivity contribution is 0.100. The summed E-state index contributed by atoms with van der Waals surface area (Å²) < 4.78 is 0.820. The van der Waals surface area contributed by atoms with Crippen LogP contribution >= 0.6 is 15.9 Å². The van der Waals surface area contributed by atoms with Crippen molar-refractivity contribution < 1.29 is 9.59 Å². The molecule has 1 aromatic rings. The van der Waals surface area contributed by atoms with Crippen molar-refractivity contribution in [2.45, 2.75) is 13.8 Å². The van der Waals surface area contributed by atoms with E-state index in [2.05, 4.69) is 15.9 Å². The number of Topliss-reactive ketones (excluding diaryl/α,β-unsaturated/α-hetero) is 1. The predicted octanol–water partition coefficient (Wildman–Crippen LogP) is 2.77. The van der Waals surface area contributed by atoms with Crippen LogP contribution in [0.25, 0.3) is 0 Å². The molecule has 0 radical (unpaired) electrons. The summed E-state index contributed by atoms with van der Waals surface area (Å²) in [4.78, 5) is 21.8. The topological polar surface area (TPSA) is 34.1 Å². The van der Waals surface area contributed by atoms with Crippen molar-refractivity contribution in [1.82, 2.24) is 0 Å². The smallest absolute Gasteiger partial charge is 0.160 e. The molecule has 0 spiro atoms. The van der Waals surface area contributed by atoms with E-state index in [1.807, 2.05) is 6.07 Å². The molecular weight excluding hydrogens is 232 g/mol. The molecule has 0 bridgehead atoms. The summed E-state index contributed by atoms with van der Waals surface area (Å²) in [5, 5.41) is 0. The quantitative estimate of drug-likeness (QED) is 0.589. The molecule has 0 heterocycles.